The molecular weight excluding hydrogens is 192 g/mol. The molecule has 1 saturated carbocycles. The highest BCUT2D eigenvalue weighted by Crippen LogP contribution is 2.32. The third-order valence-corrected chi connectivity index (χ3v) is 2.91. The van der Waals surface area contributed by atoms with Gasteiger partial charge in [-0.2, -0.15) is 0 Å². The number of aliphatic hydroxyl groups excluding tert-OH is 1. The van der Waals surface area contributed by atoms with Crippen molar-refractivity contribution in [2.75, 3.05) is 17.7 Å². The van der Waals surface area contributed by atoms with Gasteiger partial charge in [-0.05, 0) is 12.8 Å². The summed E-state index contributed by atoms with van der Waals surface area (Å²) < 4.78 is 0. The van der Waals surface area contributed by atoms with Crippen LogP contribution in [0.2, 0.25) is 0 Å². The minimum absolute atomic E-state index is 0.128. The van der Waals surface area contributed by atoms with Gasteiger partial charge >= 0.3 is 0 Å². The van der Waals surface area contributed by atoms with Crippen molar-refractivity contribution in [2.24, 2.45) is 0 Å². The van der Waals surface area contributed by atoms with E-state index in [1.807, 2.05) is 0 Å². The van der Waals surface area contributed by atoms with Crippen LogP contribution in [-0.4, -0.2) is 27.2 Å². The summed E-state index contributed by atoms with van der Waals surface area (Å²) >= 11 is 0. The van der Waals surface area contributed by atoms with E-state index in [-0.39, 0.29) is 12.1 Å². The second kappa shape index (κ2) is 4.02. The standard InChI is InChI=1S/C10H16N4O/c11-8-5-12-6-9(13-8)14-10(7-15)3-1-2-4-10/h5-6,15H,1-4,7H2,(H3,11,13,14). The highest BCUT2D eigenvalue weighted by molar-refractivity contribution is 5.41. The van der Waals surface area contributed by atoms with Crippen LogP contribution in [0.25, 0.3) is 0 Å². The van der Waals surface area contributed by atoms with E-state index in [0.717, 1.165) is 25.7 Å². The monoisotopic (exact) mass is 208 g/mol. The Kier molecular flexibility index (Phi) is 2.73. The molecule has 1 aromatic heterocycles. The molecule has 1 heterocycles. The van der Waals surface area contributed by atoms with Gasteiger partial charge in [0, 0.05) is 0 Å². The molecule has 0 radical (unpaired) electrons. The van der Waals surface area contributed by atoms with Gasteiger partial charge in [0.15, 0.2) is 0 Å². The minimum Gasteiger partial charge on any atom is -0.394 e. The number of rotatable bonds is 3. The average molecular weight is 208 g/mol. The summed E-state index contributed by atoms with van der Waals surface area (Å²) in [7, 11) is 0. The van der Waals surface area contributed by atoms with Crippen molar-refractivity contribution in [3.63, 3.8) is 0 Å². The molecule has 15 heavy (non-hydrogen) atoms. The lowest BCUT2D eigenvalue weighted by atomic mass is 9.99. The molecule has 5 nitrogen and oxygen atoms in total. The first-order valence-electron chi connectivity index (χ1n) is 5.21. The summed E-state index contributed by atoms with van der Waals surface area (Å²) in [5.74, 6) is 1.04. The Labute approximate surface area is 88.7 Å². The summed E-state index contributed by atoms with van der Waals surface area (Å²) in [4.78, 5) is 8.08. The van der Waals surface area contributed by atoms with Crippen molar-refractivity contribution in [2.45, 2.75) is 31.2 Å². The Morgan fingerprint density at radius 1 is 1.40 bits per heavy atom. The van der Waals surface area contributed by atoms with Crippen LogP contribution in [0.1, 0.15) is 25.7 Å². The van der Waals surface area contributed by atoms with Crippen LogP contribution in [0.4, 0.5) is 11.6 Å². The van der Waals surface area contributed by atoms with E-state index < -0.39 is 0 Å². The van der Waals surface area contributed by atoms with Gasteiger partial charge in [0.2, 0.25) is 0 Å². The van der Waals surface area contributed by atoms with E-state index in [1.165, 1.54) is 6.20 Å². The number of aromatic nitrogens is 2. The highest BCUT2D eigenvalue weighted by atomic mass is 16.3. The number of nitrogens with two attached hydrogens (primary N) is 1. The first-order chi connectivity index (χ1) is 7.24. The minimum atomic E-state index is -0.220. The molecule has 1 aliphatic rings. The quantitative estimate of drug-likeness (QED) is 0.683. The molecule has 1 fully saturated rings. The van der Waals surface area contributed by atoms with Crippen LogP contribution in [-0.2, 0) is 0 Å². The number of hydrogen-bond acceptors (Lipinski definition) is 5. The van der Waals surface area contributed by atoms with Crippen LogP contribution in [0.15, 0.2) is 12.4 Å². The molecular formula is C10H16N4O. The van der Waals surface area contributed by atoms with Gasteiger partial charge in [-0.3, -0.25) is 4.98 Å². The fraction of sp³-hybridized carbons (Fsp3) is 0.600. The van der Waals surface area contributed by atoms with Crippen LogP contribution in [0, 0.1) is 0 Å². The molecule has 2 rings (SSSR count). The van der Waals surface area contributed by atoms with E-state index in [1.54, 1.807) is 6.20 Å². The molecule has 82 valence electrons. The molecule has 0 atom stereocenters. The van der Waals surface area contributed by atoms with Gasteiger partial charge in [0.25, 0.3) is 0 Å². The fourth-order valence-electron chi connectivity index (χ4n) is 2.09. The molecule has 1 aromatic rings. The Morgan fingerprint density at radius 3 is 2.73 bits per heavy atom. The van der Waals surface area contributed by atoms with Gasteiger partial charge in [-0.25, -0.2) is 4.98 Å². The van der Waals surface area contributed by atoms with Crippen LogP contribution in [0.5, 0.6) is 0 Å². The lowest BCUT2D eigenvalue weighted by molar-refractivity contribution is 0.214. The summed E-state index contributed by atoms with van der Waals surface area (Å²) in [5, 5.41) is 12.6. The Morgan fingerprint density at radius 2 is 2.13 bits per heavy atom. The Hall–Kier alpha value is -1.36. The third-order valence-electron chi connectivity index (χ3n) is 2.91. The largest absolute Gasteiger partial charge is 0.394 e. The number of anilines is 2. The lowest BCUT2D eigenvalue weighted by Gasteiger charge is -2.28. The first kappa shape index (κ1) is 10.2. The van der Waals surface area contributed by atoms with Crippen molar-refractivity contribution >= 4 is 11.6 Å². The summed E-state index contributed by atoms with van der Waals surface area (Å²) in [6.45, 7) is 0.128. The fourth-order valence-corrected chi connectivity index (χ4v) is 2.09. The second-order valence-electron chi connectivity index (χ2n) is 4.10. The maximum atomic E-state index is 9.41. The normalized spacial score (nSPS) is 19.0. The van der Waals surface area contributed by atoms with Gasteiger partial charge < -0.3 is 16.2 Å². The van der Waals surface area contributed by atoms with Gasteiger partial charge in [-0.15, -0.1) is 0 Å². The Balaban J connectivity index is 2.12. The van der Waals surface area contributed by atoms with Crippen molar-refractivity contribution in [3.8, 4) is 0 Å². The third kappa shape index (κ3) is 2.18. The van der Waals surface area contributed by atoms with Crippen LogP contribution >= 0.6 is 0 Å². The molecule has 1 aliphatic carbocycles. The zero-order chi connectivity index (χ0) is 10.7. The zero-order valence-electron chi connectivity index (χ0n) is 8.61. The maximum Gasteiger partial charge on any atom is 0.147 e. The molecule has 0 amide bonds. The van der Waals surface area contributed by atoms with Crippen LogP contribution in [0.3, 0.4) is 0 Å². The SMILES string of the molecule is Nc1cncc(NC2(CO)CCCC2)n1. The van der Waals surface area contributed by atoms with E-state index in [9.17, 15) is 5.11 Å². The van der Waals surface area contributed by atoms with Gasteiger partial charge in [-0.1, -0.05) is 12.8 Å². The molecule has 0 unspecified atom stereocenters. The molecule has 0 saturated heterocycles. The number of nitrogens with one attached hydrogen (secondary N) is 1. The van der Waals surface area contributed by atoms with E-state index in [4.69, 9.17) is 5.73 Å². The summed E-state index contributed by atoms with van der Waals surface area (Å²) in [5.41, 5.74) is 5.32. The zero-order valence-corrected chi connectivity index (χ0v) is 8.61. The predicted octanol–water partition coefficient (Wildman–Crippen LogP) is 0.776. The van der Waals surface area contributed by atoms with E-state index >= 15 is 0 Å². The number of nitrogens with zero attached hydrogens (tertiary/aromatic N) is 2. The van der Waals surface area contributed by atoms with Crippen molar-refractivity contribution in [1.29, 1.82) is 0 Å². The molecule has 0 aliphatic heterocycles. The molecule has 5 heteroatoms. The summed E-state index contributed by atoms with van der Waals surface area (Å²) in [6, 6.07) is 0. The topological polar surface area (TPSA) is 84.1 Å². The maximum absolute atomic E-state index is 9.41. The lowest BCUT2D eigenvalue weighted by Crippen LogP contribution is -2.39. The number of aliphatic hydroxyl groups is 1. The van der Waals surface area contributed by atoms with Crippen molar-refractivity contribution in [3.05, 3.63) is 12.4 Å². The van der Waals surface area contributed by atoms with Crippen molar-refractivity contribution < 1.29 is 5.11 Å². The first-order valence-corrected chi connectivity index (χ1v) is 5.21. The van der Waals surface area contributed by atoms with E-state index in [2.05, 4.69) is 15.3 Å². The molecule has 0 bridgehead atoms. The predicted molar refractivity (Wildman–Crippen MR) is 58.4 cm³/mol. The second-order valence-corrected chi connectivity index (χ2v) is 4.10. The molecule has 0 spiro atoms. The molecule has 4 N–H and O–H groups in total. The van der Waals surface area contributed by atoms with E-state index in [0.29, 0.717) is 11.6 Å². The number of nitrogen functional groups attached to an aromatic ring is 1. The number of hydrogen-bond donors (Lipinski definition) is 3. The highest BCUT2D eigenvalue weighted by Gasteiger charge is 2.33. The Bertz CT molecular complexity index is 336. The van der Waals surface area contributed by atoms with Crippen LogP contribution < -0.4 is 11.1 Å². The summed E-state index contributed by atoms with van der Waals surface area (Å²) in [6.07, 6.45) is 7.37. The van der Waals surface area contributed by atoms with Gasteiger partial charge in [0.1, 0.15) is 11.6 Å². The molecule has 0 aromatic carbocycles. The van der Waals surface area contributed by atoms with Gasteiger partial charge in [0.05, 0.1) is 24.5 Å². The van der Waals surface area contributed by atoms with Crippen molar-refractivity contribution in [1.82, 2.24) is 9.97 Å². The average Bonchev–Trinajstić information content (AvgIpc) is 2.67. The smallest absolute Gasteiger partial charge is 0.147 e.